The minimum absolute atomic E-state index is 0.111. The Balaban J connectivity index is 1.63. The number of carbonyl (C=O) groups is 1. The lowest BCUT2D eigenvalue weighted by Gasteiger charge is -2.11. The molecule has 0 unspecified atom stereocenters. The van der Waals surface area contributed by atoms with Crippen molar-refractivity contribution in [3.8, 4) is 11.5 Å². The van der Waals surface area contributed by atoms with E-state index in [1.54, 1.807) is 36.4 Å². The summed E-state index contributed by atoms with van der Waals surface area (Å²) >= 11 is 0. The Morgan fingerprint density at radius 1 is 1.03 bits per heavy atom. The highest BCUT2D eigenvalue weighted by Gasteiger charge is 2.23. The van der Waals surface area contributed by atoms with Gasteiger partial charge in [-0.2, -0.15) is 0 Å². The fourth-order valence-electron chi connectivity index (χ4n) is 3.10. The number of carbonyl (C=O) groups excluding carboxylic acids is 1. The second kappa shape index (κ2) is 7.89. The van der Waals surface area contributed by atoms with E-state index in [-0.39, 0.29) is 31.3 Å². The van der Waals surface area contributed by atoms with Gasteiger partial charge in [0.25, 0.3) is 0 Å². The van der Waals surface area contributed by atoms with Gasteiger partial charge in [0, 0.05) is 28.9 Å². The van der Waals surface area contributed by atoms with Crippen molar-refractivity contribution in [1.29, 1.82) is 0 Å². The van der Waals surface area contributed by atoms with Crippen LogP contribution in [0.3, 0.4) is 0 Å². The largest absolute Gasteiger partial charge is 0.491 e. The van der Waals surface area contributed by atoms with Crippen molar-refractivity contribution in [3.05, 3.63) is 82.9 Å². The molecule has 148 valence electrons. The number of aliphatic hydroxyl groups is 1. The summed E-state index contributed by atoms with van der Waals surface area (Å²) < 4.78 is 38.2. The Morgan fingerprint density at radius 3 is 2.69 bits per heavy atom. The lowest BCUT2D eigenvalue weighted by Crippen LogP contribution is -2.06. The molecule has 0 spiro atoms. The number of aliphatic hydroxyl groups excluding tert-OH is 1. The molecule has 0 aliphatic carbocycles. The number of fused-ring (bicyclic) bond motifs is 2. The van der Waals surface area contributed by atoms with Crippen LogP contribution in [0.25, 0.3) is 0 Å². The Labute approximate surface area is 165 Å². The number of nitrogens with one attached hydrogen (secondary N) is 1. The maximum atomic E-state index is 13.9. The Kier molecular flexibility index (Phi) is 5.14. The summed E-state index contributed by atoms with van der Waals surface area (Å²) in [6, 6.07) is 13.2. The highest BCUT2D eigenvalue weighted by atomic mass is 19.1. The zero-order chi connectivity index (χ0) is 20.4. The van der Waals surface area contributed by atoms with E-state index in [4.69, 9.17) is 14.6 Å². The zero-order valence-corrected chi connectivity index (χ0v) is 15.2. The summed E-state index contributed by atoms with van der Waals surface area (Å²) in [6.07, 6.45) is 0. The third kappa shape index (κ3) is 3.90. The lowest BCUT2D eigenvalue weighted by molar-refractivity contribution is 0.103. The Bertz CT molecular complexity index is 1080. The zero-order valence-electron chi connectivity index (χ0n) is 15.2. The first kappa shape index (κ1) is 18.9. The van der Waals surface area contributed by atoms with Crippen LogP contribution in [0.4, 0.5) is 20.2 Å². The molecule has 3 aromatic rings. The third-order valence-electron chi connectivity index (χ3n) is 4.51. The molecule has 5 nitrogen and oxygen atoms in total. The molecule has 2 N–H and O–H groups in total. The molecular weight excluding hydrogens is 380 g/mol. The van der Waals surface area contributed by atoms with E-state index in [1.165, 1.54) is 6.07 Å². The summed E-state index contributed by atoms with van der Waals surface area (Å²) in [5.41, 5.74) is 2.15. The van der Waals surface area contributed by atoms with Gasteiger partial charge < -0.3 is 19.9 Å². The number of anilines is 2. The van der Waals surface area contributed by atoms with Crippen molar-refractivity contribution in [1.82, 2.24) is 0 Å². The van der Waals surface area contributed by atoms with Gasteiger partial charge in [0.2, 0.25) is 0 Å². The van der Waals surface area contributed by atoms with Crippen LogP contribution in [0, 0.1) is 11.6 Å². The monoisotopic (exact) mass is 397 g/mol. The summed E-state index contributed by atoms with van der Waals surface area (Å²) in [5, 5.41) is 11.8. The Morgan fingerprint density at radius 2 is 1.90 bits per heavy atom. The van der Waals surface area contributed by atoms with E-state index < -0.39 is 11.6 Å². The standard InChI is InChI=1S/C22H17F2NO4/c23-14-2-6-20(19(24)9-14)25-15-3-5-17-21(10-15)29-12-13-1-4-16(28-8-7-26)11-18(13)22(17)27/h1-6,9-11,25-26H,7-8,12H2. The molecule has 0 bridgehead atoms. The maximum absolute atomic E-state index is 13.9. The van der Waals surface area contributed by atoms with E-state index >= 15 is 0 Å². The van der Waals surface area contributed by atoms with Gasteiger partial charge >= 0.3 is 0 Å². The molecule has 0 aromatic heterocycles. The maximum Gasteiger partial charge on any atom is 0.197 e. The molecule has 0 atom stereocenters. The van der Waals surface area contributed by atoms with Crippen LogP contribution in [0.15, 0.2) is 54.6 Å². The lowest BCUT2D eigenvalue weighted by atomic mass is 9.98. The van der Waals surface area contributed by atoms with Gasteiger partial charge in [-0.1, -0.05) is 6.07 Å². The van der Waals surface area contributed by atoms with Gasteiger partial charge in [-0.25, -0.2) is 8.78 Å². The summed E-state index contributed by atoms with van der Waals surface area (Å²) in [7, 11) is 0. The highest BCUT2D eigenvalue weighted by Crippen LogP contribution is 2.33. The van der Waals surface area contributed by atoms with Crippen LogP contribution >= 0.6 is 0 Å². The number of benzene rings is 3. The Hall–Kier alpha value is -3.45. The van der Waals surface area contributed by atoms with Crippen molar-refractivity contribution in [2.24, 2.45) is 0 Å². The number of hydrogen-bond donors (Lipinski definition) is 2. The number of halogens is 2. The van der Waals surface area contributed by atoms with Crippen molar-refractivity contribution in [2.45, 2.75) is 6.61 Å². The summed E-state index contributed by atoms with van der Waals surface area (Å²) in [6.45, 7) is 0.194. The fraction of sp³-hybridized carbons (Fsp3) is 0.136. The van der Waals surface area contributed by atoms with Gasteiger partial charge in [-0.15, -0.1) is 0 Å². The van der Waals surface area contributed by atoms with Crippen LogP contribution in [0.1, 0.15) is 21.5 Å². The third-order valence-corrected chi connectivity index (χ3v) is 4.51. The van der Waals surface area contributed by atoms with Crippen LogP contribution in [0.5, 0.6) is 11.5 Å². The molecule has 1 heterocycles. The van der Waals surface area contributed by atoms with Crippen molar-refractivity contribution < 1.29 is 28.2 Å². The first-order valence-electron chi connectivity index (χ1n) is 8.95. The fourth-order valence-corrected chi connectivity index (χ4v) is 3.10. The van der Waals surface area contributed by atoms with Gasteiger partial charge in [-0.3, -0.25) is 4.79 Å². The SMILES string of the molecule is O=C1c2cc(OCCO)ccc2COc2cc(Nc3ccc(F)cc3F)ccc21. The first-order valence-corrected chi connectivity index (χ1v) is 8.95. The van der Waals surface area contributed by atoms with Gasteiger partial charge in [0.1, 0.15) is 36.3 Å². The van der Waals surface area contributed by atoms with Crippen LogP contribution in [-0.2, 0) is 6.61 Å². The molecule has 29 heavy (non-hydrogen) atoms. The summed E-state index contributed by atoms with van der Waals surface area (Å²) in [4.78, 5) is 13.0. The predicted molar refractivity (Wildman–Crippen MR) is 103 cm³/mol. The molecule has 0 fully saturated rings. The van der Waals surface area contributed by atoms with E-state index in [0.29, 0.717) is 33.9 Å². The molecule has 7 heteroatoms. The molecule has 0 saturated carbocycles. The van der Waals surface area contributed by atoms with Gasteiger partial charge in [-0.05, 0) is 36.4 Å². The van der Waals surface area contributed by atoms with Gasteiger partial charge in [0.05, 0.1) is 17.9 Å². The average Bonchev–Trinajstić information content (AvgIpc) is 2.85. The second-order valence-corrected chi connectivity index (χ2v) is 6.47. The molecule has 1 aliphatic heterocycles. The number of rotatable bonds is 5. The second-order valence-electron chi connectivity index (χ2n) is 6.47. The van der Waals surface area contributed by atoms with E-state index in [2.05, 4.69) is 5.32 Å². The molecule has 0 amide bonds. The van der Waals surface area contributed by atoms with Crippen LogP contribution < -0.4 is 14.8 Å². The minimum Gasteiger partial charge on any atom is -0.491 e. The topological polar surface area (TPSA) is 67.8 Å². The quantitative estimate of drug-likeness (QED) is 0.675. The van der Waals surface area contributed by atoms with Crippen molar-refractivity contribution in [2.75, 3.05) is 18.5 Å². The average molecular weight is 397 g/mol. The van der Waals surface area contributed by atoms with E-state index in [1.807, 2.05) is 0 Å². The van der Waals surface area contributed by atoms with Gasteiger partial charge in [0.15, 0.2) is 5.78 Å². The molecular formula is C22H17F2NO4. The number of ketones is 1. The molecule has 1 aliphatic rings. The molecule has 3 aromatic carbocycles. The normalized spacial score (nSPS) is 12.4. The number of ether oxygens (including phenoxy) is 2. The smallest absolute Gasteiger partial charge is 0.197 e. The van der Waals surface area contributed by atoms with E-state index in [9.17, 15) is 13.6 Å². The predicted octanol–water partition coefficient (Wildman–Crippen LogP) is 4.20. The van der Waals surface area contributed by atoms with E-state index in [0.717, 1.165) is 12.1 Å². The van der Waals surface area contributed by atoms with Crippen LogP contribution in [-0.4, -0.2) is 24.1 Å². The number of hydrogen-bond acceptors (Lipinski definition) is 5. The van der Waals surface area contributed by atoms with Crippen molar-refractivity contribution in [3.63, 3.8) is 0 Å². The minimum atomic E-state index is -0.722. The molecule has 4 rings (SSSR count). The molecule has 0 radical (unpaired) electrons. The summed E-state index contributed by atoms with van der Waals surface area (Å²) in [5.74, 6) is -0.763. The highest BCUT2D eigenvalue weighted by molar-refractivity contribution is 6.12. The molecule has 0 saturated heterocycles. The first-order chi connectivity index (χ1) is 14.0. The van der Waals surface area contributed by atoms with Crippen LogP contribution in [0.2, 0.25) is 0 Å². The van der Waals surface area contributed by atoms with Crippen molar-refractivity contribution >= 4 is 17.2 Å².